The Balaban J connectivity index is 2.15. The Morgan fingerprint density at radius 3 is 2.84 bits per heavy atom. The van der Waals surface area contributed by atoms with Crippen molar-refractivity contribution in [1.82, 2.24) is 0 Å². The van der Waals surface area contributed by atoms with Gasteiger partial charge in [0.2, 0.25) is 0 Å². The largest absolute Gasteiger partial charge is 0.492 e. The summed E-state index contributed by atoms with van der Waals surface area (Å²) in [5, 5.41) is 20.9. The second kappa shape index (κ2) is 5.31. The second-order valence-electron chi connectivity index (χ2n) is 5.31. The van der Waals surface area contributed by atoms with Crippen LogP contribution in [0.15, 0.2) is 23.4 Å². The van der Waals surface area contributed by atoms with Gasteiger partial charge in [0.05, 0.1) is 18.4 Å². The molecule has 0 saturated heterocycles. The predicted octanol–water partition coefficient (Wildman–Crippen LogP) is 3.27. The summed E-state index contributed by atoms with van der Waals surface area (Å²) in [6.45, 7) is 4.28. The minimum Gasteiger partial charge on any atom is -0.492 e. The maximum absolute atomic E-state index is 8.90. The molecule has 1 aromatic rings. The Labute approximate surface area is 113 Å². The van der Waals surface area contributed by atoms with Crippen molar-refractivity contribution in [3.05, 3.63) is 29.3 Å². The van der Waals surface area contributed by atoms with Crippen LogP contribution in [-0.4, -0.2) is 17.5 Å². The van der Waals surface area contributed by atoms with Crippen LogP contribution < -0.4 is 4.74 Å². The van der Waals surface area contributed by atoms with Crippen LogP contribution in [0, 0.1) is 23.7 Å². The van der Waals surface area contributed by atoms with E-state index in [0.717, 1.165) is 29.7 Å². The van der Waals surface area contributed by atoms with Crippen molar-refractivity contribution in [3.63, 3.8) is 0 Å². The Kier molecular flexibility index (Phi) is 3.75. The number of hydrogen-bond donors (Lipinski definition) is 1. The van der Waals surface area contributed by atoms with Gasteiger partial charge >= 0.3 is 0 Å². The number of hydrogen-bond acceptors (Lipinski definition) is 4. The molecule has 0 aliphatic heterocycles. The number of aryl methyl sites for hydroxylation is 1. The van der Waals surface area contributed by atoms with Crippen LogP contribution in [0.25, 0.3) is 0 Å². The number of nitrogens with zero attached hydrogens (tertiary/aromatic N) is 2. The summed E-state index contributed by atoms with van der Waals surface area (Å²) >= 11 is 0. The summed E-state index contributed by atoms with van der Waals surface area (Å²) in [4.78, 5) is 0. The van der Waals surface area contributed by atoms with E-state index in [0.29, 0.717) is 18.7 Å². The first-order valence-electron chi connectivity index (χ1n) is 6.40. The van der Waals surface area contributed by atoms with E-state index in [1.807, 2.05) is 25.1 Å². The van der Waals surface area contributed by atoms with Gasteiger partial charge in [0, 0.05) is 17.4 Å². The molecule has 19 heavy (non-hydrogen) atoms. The molecule has 2 rings (SSSR count). The summed E-state index contributed by atoms with van der Waals surface area (Å²) in [5.74, 6) is 0.722. The predicted molar refractivity (Wildman–Crippen MR) is 72.6 cm³/mol. The van der Waals surface area contributed by atoms with Crippen molar-refractivity contribution < 1.29 is 9.94 Å². The molecule has 0 spiro atoms. The normalized spacial score (nSPS) is 16.8. The molecule has 4 heteroatoms. The van der Waals surface area contributed by atoms with Crippen LogP contribution in [0.5, 0.6) is 5.75 Å². The summed E-state index contributed by atoms with van der Waals surface area (Å²) < 4.78 is 5.88. The smallest absolute Gasteiger partial charge is 0.128 e. The van der Waals surface area contributed by atoms with E-state index in [-0.39, 0.29) is 5.41 Å². The lowest BCUT2D eigenvalue weighted by Gasteiger charge is -2.16. The summed E-state index contributed by atoms with van der Waals surface area (Å²) in [6.07, 6.45) is 2.64. The molecule has 1 saturated carbocycles. The molecule has 0 atom stereocenters. The molecule has 0 radical (unpaired) electrons. The van der Waals surface area contributed by atoms with Crippen molar-refractivity contribution in [2.45, 2.75) is 33.1 Å². The first kappa shape index (κ1) is 13.4. The summed E-state index contributed by atoms with van der Waals surface area (Å²) in [5.41, 5.74) is 2.45. The fourth-order valence-electron chi connectivity index (χ4n) is 2.05. The topological polar surface area (TPSA) is 65.6 Å². The number of oxime groups is 1. The van der Waals surface area contributed by atoms with Gasteiger partial charge in [0.1, 0.15) is 5.75 Å². The van der Waals surface area contributed by atoms with Crippen molar-refractivity contribution in [1.29, 1.82) is 5.26 Å². The summed E-state index contributed by atoms with van der Waals surface area (Å²) in [7, 11) is 0. The lowest BCUT2D eigenvalue weighted by molar-refractivity contribution is 0.236. The number of ether oxygens (including phenoxy) is 1. The Hall–Kier alpha value is -2.02. The third kappa shape index (κ3) is 3.05. The molecular weight excluding hydrogens is 240 g/mol. The highest BCUT2D eigenvalue weighted by atomic mass is 16.5. The van der Waals surface area contributed by atoms with Gasteiger partial charge in [-0.2, -0.15) is 5.26 Å². The van der Waals surface area contributed by atoms with E-state index >= 15 is 0 Å². The van der Waals surface area contributed by atoms with E-state index in [1.165, 1.54) is 0 Å². The lowest BCUT2D eigenvalue weighted by atomic mass is 10.0. The number of rotatable bonds is 5. The molecule has 0 heterocycles. The van der Waals surface area contributed by atoms with Gasteiger partial charge in [-0.1, -0.05) is 11.2 Å². The molecule has 1 aromatic carbocycles. The Bertz CT molecular complexity index is 540. The fourth-order valence-corrected chi connectivity index (χ4v) is 2.05. The average molecular weight is 258 g/mol. The van der Waals surface area contributed by atoms with E-state index in [4.69, 9.17) is 15.2 Å². The number of benzene rings is 1. The van der Waals surface area contributed by atoms with Gasteiger partial charge in [-0.3, -0.25) is 0 Å². The molecule has 4 nitrogen and oxygen atoms in total. The molecule has 1 N–H and O–H groups in total. The zero-order chi connectivity index (χ0) is 13.9. The van der Waals surface area contributed by atoms with Crippen LogP contribution in [0.2, 0.25) is 0 Å². The third-order valence-electron chi connectivity index (χ3n) is 3.62. The molecule has 1 aliphatic carbocycles. The first-order valence-corrected chi connectivity index (χ1v) is 6.40. The van der Waals surface area contributed by atoms with E-state index < -0.39 is 0 Å². The monoisotopic (exact) mass is 258 g/mol. The van der Waals surface area contributed by atoms with Gasteiger partial charge in [-0.15, -0.1) is 0 Å². The highest BCUT2D eigenvalue weighted by molar-refractivity contribution is 6.00. The zero-order valence-corrected chi connectivity index (χ0v) is 11.3. The molecular formula is C15H18N2O2. The van der Waals surface area contributed by atoms with E-state index in [2.05, 4.69) is 11.2 Å². The van der Waals surface area contributed by atoms with Crippen LogP contribution in [0.1, 0.15) is 37.3 Å². The van der Waals surface area contributed by atoms with Gasteiger partial charge in [0.15, 0.2) is 0 Å². The quantitative estimate of drug-likeness (QED) is 0.501. The Morgan fingerprint density at radius 2 is 2.26 bits per heavy atom. The Morgan fingerprint density at radius 1 is 1.53 bits per heavy atom. The third-order valence-corrected chi connectivity index (χ3v) is 3.62. The van der Waals surface area contributed by atoms with Crippen LogP contribution in [-0.2, 0) is 0 Å². The van der Waals surface area contributed by atoms with Crippen LogP contribution in [0.4, 0.5) is 0 Å². The van der Waals surface area contributed by atoms with Crippen molar-refractivity contribution >= 4 is 5.71 Å². The second-order valence-corrected chi connectivity index (χ2v) is 5.31. The molecule has 1 aliphatic rings. The molecule has 0 amide bonds. The van der Waals surface area contributed by atoms with Crippen LogP contribution >= 0.6 is 0 Å². The minimum absolute atomic E-state index is 0.0417. The standard InChI is InChI=1S/C15H18N2O2/c1-11-3-4-13(12(2)17-18)14(9-11)19-10-15(5-6-15)7-8-16/h3-4,9,18H,5-7,10H2,1-2H3. The molecule has 100 valence electrons. The number of nitriles is 1. The van der Waals surface area contributed by atoms with E-state index in [1.54, 1.807) is 6.92 Å². The van der Waals surface area contributed by atoms with E-state index in [9.17, 15) is 0 Å². The SMILES string of the molecule is CC(=NO)c1ccc(C)cc1OCC1(CC#N)CC1. The maximum Gasteiger partial charge on any atom is 0.128 e. The minimum atomic E-state index is 0.0417. The molecule has 0 unspecified atom stereocenters. The molecule has 0 aromatic heterocycles. The van der Waals surface area contributed by atoms with Gasteiger partial charge in [-0.05, 0) is 44.4 Å². The lowest BCUT2D eigenvalue weighted by Crippen LogP contribution is -2.14. The maximum atomic E-state index is 8.90. The average Bonchev–Trinajstić information content (AvgIpc) is 3.16. The van der Waals surface area contributed by atoms with Crippen molar-refractivity contribution in [3.8, 4) is 11.8 Å². The van der Waals surface area contributed by atoms with Gasteiger partial charge in [0.25, 0.3) is 0 Å². The van der Waals surface area contributed by atoms with Crippen LogP contribution in [0.3, 0.4) is 0 Å². The fraction of sp³-hybridized carbons (Fsp3) is 0.467. The highest BCUT2D eigenvalue weighted by Gasteiger charge is 2.43. The molecule has 1 fully saturated rings. The van der Waals surface area contributed by atoms with Gasteiger partial charge < -0.3 is 9.94 Å². The molecule has 0 bridgehead atoms. The highest BCUT2D eigenvalue weighted by Crippen LogP contribution is 2.48. The zero-order valence-electron chi connectivity index (χ0n) is 11.3. The summed E-state index contributed by atoms with van der Waals surface area (Å²) in [6, 6.07) is 8.01. The van der Waals surface area contributed by atoms with Gasteiger partial charge in [-0.25, -0.2) is 0 Å². The van der Waals surface area contributed by atoms with Crippen molar-refractivity contribution in [2.24, 2.45) is 10.6 Å². The first-order chi connectivity index (χ1) is 9.10. The van der Waals surface area contributed by atoms with Crippen molar-refractivity contribution in [2.75, 3.05) is 6.61 Å².